The number of benzene rings is 3. The first-order valence-electron chi connectivity index (χ1n) is 11.6. The van der Waals surface area contributed by atoms with Crippen LogP contribution in [0.5, 0.6) is 11.5 Å². The Morgan fingerprint density at radius 1 is 0.921 bits per heavy atom. The summed E-state index contributed by atoms with van der Waals surface area (Å²) in [7, 11) is 2.97. The predicted octanol–water partition coefficient (Wildman–Crippen LogP) is 5.40. The van der Waals surface area contributed by atoms with Gasteiger partial charge in [-0.1, -0.05) is 12.1 Å². The monoisotopic (exact) mass is 529 g/mol. The minimum Gasteiger partial charge on any atom is -0.493 e. The zero-order valence-electron chi connectivity index (χ0n) is 20.4. The van der Waals surface area contributed by atoms with Gasteiger partial charge in [0.05, 0.1) is 41.2 Å². The largest absolute Gasteiger partial charge is 0.493 e. The molecule has 12 heteroatoms. The van der Waals surface area contributed by atoms with E-state index in [2.05, 4.69) is 0 Å². The Balaban J connectivity index is 1.80. The second kappa shape index (κ2) is 8.98. The van der Waals surface area contributed by atoms with E-state index < -0.39 is 32.8 Å². The zero-order valence-corrected chi connectivity index (χ0v) is 20.4. The summed E-state index contributed by atoms with van der Waals surface area (Å²) >= 11 is 0. The average molecular weight is 529 g/mol. The molecule has 1 atom stereocenters. The van der Waals surface area contributed by atoms with Crippen LogP contribution in [0.25, 0.3) is 0 Å². The van der Waals surface area contributed by atoms with Crippen molar-refractivity contribution in [1.82, 2.24) is 4.90 Å². The van der Waals surface area contributed by atoms with Gasteiger partial charge in [-0.2, -0.15) is 13.2 Å². The van der Waals surface area contributed by atoms with Crippen LogP contribution in [-0.2, 0) is 31.1 Å². The number of fused-ring (bicyclic) bond motifs is 4. The Hall–Kier alpha value is -4.19. The van der Waals surface area contributed by atoms with Crippen LogP contribution in [0.3, 0.4) is 0 Å². The maximum Gasteiger partial charge on any atom is 0.416 e. The quantitative estimate of drug-likeness (QED) is 0.322. The Morgan fingerprint density at radius 2 is 1.58 bits per heavy atom. The van der Waals surface area contributed by atoms with Gasteiger partial charge in [-0.3, -0.25) is 25.1 Å². The van der Waals surface area contributed by atoms with E-state index in [1.165, 1.54) is 32.4 Å². The van der Waals surface area contributed by atoms with E-state index in [0.717, 1.165) is 29.3 Å². The van der Waals surface area contributed by atoms with Crippen molar-refractivity contribution >= 4 is 11.4 Å². The summed E-state index contributed by atoms with van der Waals surface area (Å²) in [6, 6.07) is 10.6. The van der Waals surface area contributed by atoms with Crippen LogP contribution in [-0.4, -0.2) is 35.5 Å². The van der Waals surface area contributed by atoms with Crippen molar-refractivity contribution in [2.24, 2.45) is 0 Å². The molecule has 0 aromatic heterocycles. The van der Waals surface area contributed by atoms with Crippen molar-refractivity contribution in [2.45, 2.75) is 31.1 Å². The van der Waals surface area contributed by atoms with Crippen LogP contribution >= 0.6 is 0 Å². The van der Waals surface area contributed by atoms with Crippen LogP contribution in [0.1, 0.15) is 33.4 Å². The molecule has 198 valence electrons. The van der Waals surface area contributed by atoms with E-state index in [1.807, 2.05) is 11.0 Å². The number of methoxy groups -OCH3 is 2. The van der Waals surface area contributed by atoms with Crippen molar-refractivity contribution in [3.63, 3.8) is 0 Å². The fourth-order valence-electron chi connectivity index (χ4n) is 5.70. The maximum absolute atomic E-state index is 13.4. The molecule has 1 unspecified atom stereocenters. The lowest BCUT2D eigenvalue weighted by Gasteiger charge is -2.52. The Morgan fingerprint density at radius 3 is 2.16 bits per heavy atom. The lowest BCUT2D eigenvalue weighted by Crippen LogP contribution is -2.54. The fourth-order valence-corrected chi connectivity index (χ4v) is 5.70. The molecule has 2 aliphatic rings. The summed E-state index contributed by atoms with van der Waals surface area (Å²) in [5.41, 5.74) is 0.157. The summed E-state index contributed by atoms with van der Waals surface area (Å²) < 4.78 is 51.1. The molecule has 9 nitrogen and oxygen atoms in total. The highest BCUT2D eigenvalue weighted by Crippen LogP contribution is 2.52. The molecule has 0 amide bonds. The molecular formula is C26H22F3N3O6. The Labute approximate surface area is 214 Å². The van der Waals surface area contributed by atoms with Gasteiger partial charge in [-0.15, -0.1) is 0 Å². The molecule has 3 aromatic rings. The molecule has 0 bridgehead atoms. The number of rotatable bonds is 5. The van der Waals surface area contributed by atoms with Gasteiger partial charge in [-0.05, 0) is 52.9 Å². The lowest BCUT2D eigenvalue weighted by molar-refractivity contribution is -0.394. The van der Waals surface area contributed by atoms with Gasteiger partial charge in [-0.25, -0.2) is 0 Å². The third kappa shape index (κ3) is 3.92. The Kier molecular flexibility index (Phi) is 6.02. The molecule has 0 saturated carbocycles. The molecule has 0 saturated heterocycles. The molecule has 0 N–H and O–H groups in total. The molecule has 2 heterocycles. The average Bonchev–Trinajstić information content (AvgIpc) is 2.89. The van der Waals surface area contributed by atoms with Gasteiger partial charge in [0, 0.05) is 31.1 Å². The highest BCUT2D eigenvalue weighted by molar-refractivity contribution is 5.61. The van der Waals surface area contributed by atoms with Gasteiger partial charge >= 0.3 is 6.18 Å². The van der Waals surface area contributed by atoms with Crippen LogP contribution in [0.4, 0.5) is 24.5 Å². The molecule has 38 heavy (non-hydrogen) atoms. The van der Waals surface area contributed by atoms with Gasteiger partial charge < -0.3 is 9.47 Å². The number of non-ortho nitro benzene ring substituents is 1. The standard InChI is InChI=1S/C26H22F3N3O6/c1-37-23-10-15-7-8-30-14-16-9-19(31(33)34)11-22(32(35)36)20(16)13-25(30,21(15)12-24(23)38-2)17-3-5-18(6-4-17)26(27,28)29/h3-6,9-12H,7-8,13-14H2,1-2H3. The lowest BCUT2D eigenvalue weighted by atomic mass is 9.69. The first-order valence-corrected chi connectivity index (χ1v) is 11.6. The number of nitro groups is 2. The predicted molar refractivity (Wildman–Crippen MR) is 129 cm³/mol. The first-order chi connectivity index (χ1) is 18.0. The molecule has 3 aromatic carbocycles. The number of hydrogen-bond donors (Lipinski definition) is 0. The third-order valence-corrected chi connectivity index (χ3v) is 7.44. The second-order valence-electron chi connectivity index (χ2n) is 9.26. The van der Waals surface area contributed by atoms with Crippen molar-refractivity contribution in [3.05, 3.63) is 102 Å². The van der Waals surface area contributed by atoms with Crippen molar-refractivity contribution in [3.8, 4) is 11.5 Å². The van der Waals surface area contributed by atoms with Crippen molar-refractivity contribution < 1.29 is 32.5 Å². The summed E-state index contributed by atoms with van der Waals surface area (Å²) in [4.78, 5) is 24.2. The Bertz CT molecular complexity index is 1460. The fraction of sp³-hybridized carbons (Fsp3) is 0.308. The van der Waals surface area contributed by atoms with E-state index in [-0.39, 0.29) is 18.7 Å². The van der Waals surface area contributed by atoms with Crippen molar-refractivity contribution in [1.29, 1.82) is 0 Å². The van der Waals surface area contributed by atoms with E-state index >= 15 is 0 Å². The van der Waals surface area contributed by atoms with Crippen LogP contribution in [0.15, 0.2) is 48.5 Å². The number of nitro benzene ring substituents is 2. The summed E-state index contributed by atoms with van der Waals surface area (Å²) in [5.74, 6) is 0.892. The van der Waals surface area contributed by atoms with Crippen molar-refractivity contribution in [2.75, 3.05) is 20.8 Å². The smallest absolute Gasteiger partial charge is 0.416 e. The van der Waals surface area contributed by atoms with Crippen LogP contribution < -0.4 is 9.47 Å². The summed E-state index contributed by atoms with van der Waals surface area (Å²) in [6.45, 7) is 0.589. The summed E-state index contributed by atoms with van der Waals surface area (Å²) in [5, 5.41) is 23.5. The molecule has 0 aliphatic carbocycles. The van der Waals surface area contributed by atoms with Gasteiger partial charge in [0.1, 0.15) is 0 Å². The van der Waals surface area contributed by atoms with E-state index in [0.29, 0.717) is 41.2 Å². The number of alkyl halides is 3. The van der Waals surface area contributed by atoms with E-state index in [9.17, 15) is 33.4 Å². The van der Waals surface area contributed by atoms with Crippen LogP contribution in [0.2, 0.25) is 0 Å². The minimum absolute atomic E-state index is 0.0183. The molecule has 5 rings (SSSR count). The van der Waals surface area contributed by atoms with Gasteiger partial charge in [0.25, 0.3) is 11.4 Å². The van der Waals surface area contributed by atoms with Gasteiger partial charge in [0.15, 0.2) is 11.5 Å². The van der Waals surface area contributed by atoms with Gasteiger partial charge in [0.2, 0.25) is 0 Å². The molecule has 0 fully saturated rings. The highest BCUT2D eigenvalue weighted by Gasteiger charge is 2.50. The second-order valence-corrected chi connectivity index (χ2v) is 9.26. The van der Waals surface area contributed by atoms with Crippen LogP contribution in [0, 0.1) is 20.2 Å². The number of hydrogen-bond acceptors (Lipinski definition) is 7. The summed E-state index contributed by atoms with van der Waals surface area (Å²) in [6.07, 6.45) is -3.96. The first kappa shape index (κ1) is 25.5. The zero-order chi connectivity index (χ0) is 27.4. The highest BCUT2D eigenvalue weighted by atomic mass is 19.4. The third-order valence-electron chi connectivity index (χ3n) is 7.44. The SMILES string of the molecule is COc1cc2c(cc1OC)C1(c3ccc(C(F)(F)F)cc3)Cc3c(cc([N+](=O)[O-])cc3[N+](=O)[O-])CN1CC2. The topological polar surface area (TPSA) is 108 Å². The molecule has 0 radical (unpaired) electrons. The maximum atomic E-state index is 13.4. The molecule has 2 aliphatic heterocycles. The number of ether oxygens (including phenoxy) is 2. The van der Waals surface area contributed by atoms with E-state index in [4.69, 9.17) is 9.47 Å². The molecule has 0 spiro atoms. The minimum atomic E-state index is -4.53. The number of nitrogens with zero attached hydrogens (tertiary/aromatic N) is 3. The van der Waals surface area contributed by atoms with E-state index in [1.54, 1.807) is 6.07 Å². The normalized spacial score (nSPS) is 18.7. The number of halogens is 3. The molecular weight excluding hydrogens is 507 g/mol.